The van der Waals surface area contributed by atoms with E-state index in [0.717, 1.165) is 12.6 Å². The van der Waals surface area contributed by atoms with Crippen LogP contribution in [0.1, 0.15) is 38.5 Å². The van der Waals surface area contributed by atoms with Crippen LogP contribution in [0.4, 0.5) is 0 Å². The first kappa shape index (κ1) is 7.70. The van der Waals surface area contributed by atoms with Crippen LogP contribution in [0.15, 0.2) is 0 Å². The third-order valence-corrected chi connectivity index (χ3v) is 3.67. The molecule has 3 saturated heterocycles. The normalized spacial score (nSPS) is 27.8. The van der Waals surface area contributed by atoms with Crippen LogP contribution in [0.5, 0.6) is 0 Å². The average Bonchev–Trinajstić information content (AvgIpc) is 1.80. The van der Waals surface area contributed by atoms with E-state index in [1.165, 1.54) is 19.3 Å². The molecule has 3 aliphatic heterocycles. The molecular weight excluding hydrogens is 131 g/mol. The van der Waals surface area contributed by atoms with Gasteiger partial charge in [-0.15, -0.1) is 0 Å². The van der Waals surface area contributed by atoms with Crippen LogP contribution < -0.4 is 0 Å². The Morgan fingerprint density at radius 3 is 1.64 bits per heavy atom. The van der Waals surface area contributed by atoms with Crippen molar-refractivity contribution in [1.29, 1.82) is 0 Å². The third-order valence-electron chi connectivity index (χ3n) is 3.67. The Kier molecular flexibility index (Phi) is 2.55. The average molecular weight is 150 g/mol. The topological polar surface area (TPSA) is 0 Å². The van der Waals surface area contributed by atoms with Gasteiger partial charge in [0.05, 0.1) is 0 Å². The van der Waals surface area contributed by atoms with Crippen molar-refractivity contribution in [2.45, 2.75) is 57.5 Å². The lowest BCUT2D eigenvalue weighted by atomic mass is 9.39. The van der Waals surface area contributed by atoms with E-state index >= 15 is 0 Å². The minimum atomic E-state index is 1.12. The lowest BCUT2D eigenvalue weighted by molar-refractivity contribution is 0.389. The predicted molar refractivity (Wildman–Crippen MR) is 51.4 cm³/mol. The van der Waals surface area contributed by atoms with Crippen LogP contribution >= 0.6 is 0 Å². The van der Waals surface area contributed by atoms with Crippen molar-refractivity contribution < 1.29 is 0 Å². The van der Waals surface area contributed by atoms with Gasteiger partial charge in [-0.1, -0.05) is 57.5 Å². The van der Waals surface area contributed by atoms with E-state index in [1.54, 1.807) is 38.2 Å². The number of rotatable bonds is 0. The van der Waals surface area contributed by atoms with Crippen molar-refractivity contribution in [2.75, 3.05) is 0 Å². The summed E-state index contributed by atoms with van der Waals surface area (Å²) in [4.78, 5) is 0. The molecule has 0 radical (unpaired) electrons. The second-order valence-corrected chi connectivity index (χ2v) is 4.52. The number of fused-ring (bicyclic) bond motifs is 6. The van der Waals surface area contributed by atoms with Crippen molar-refractivity contribution in [2.24, 2.45) is 5.92 Å². The van der Waals surface area contributed by atoms with Gasteiger partial charge in [-0.25, -0.2) is 0 Å². The lowest BCUT2D eigenvalue weighted by Gasteiger charge is -2.27. The fourth-order valence-electron chi connectivity index (χ4n) is 2.95. The van der Waals surface area contributed by atoms with Crippen molar-refractivity contribution in [3.05, 3.63) is 0 Å². The Labute approximate surface area is 70.8 Å². The van der Waals surface area contributed by atoms with E-state index in [1.807, 2.05) is 0 Å². The molecule has 0 atom stereocenters. The Bertz CT molecular complexity index is 86.3. The summed E-state index contributed by atoms with van der Waals surface area (Å²) in [5.74, 6) is 1.12. The second-order valence-electron chi connectivity index (χ2n) is 4.52. The van der Waals surface area contributed by atoms with Gasteiger partial charge in [0.1, 0.15) is 6.71 Å². The fraction of sp³-hybridized carbons (Fsp3) is 1.00. The smallest absolute Gasteiger partial charge is 0.0741 e. The second kappa shape index (κ2) is 3.64. The van der Waals surface area contributed by atoms with Gasteiger partial charge in [0.2, 0.25) is 0 Å². The van der Waals surface area contributed by atoms with Crippen molar-refractivity contribution in [3.63, 3.8) is 0 Å². The van der Waals surface area contributed by atoms with Gasteiger partial charge in [-0.05, 0) is 5.92 Å². The zero-order valence-electron chi connectivity index (χ0n) is 7.52. The monoisotopic (exact) mass is 150 g/mol. The third kappa shape index (κ3) is 2.01. The van der Waals surface area contributed by atoms with Crippen LogP contribution in [-0.2, 0) is 0 Å². The maximum Gasteiger partial charge on any atom is 0.139 e. The molecule has 0 aromatic heterocycles. The van der Waals surface area contributed by atoms with Crippen LogP contribution in [0, 0.1) is 5.92 Å². The van der Waals surface area contributed by atoms with Crippen molar-refractivity contribution in [3.8, 4) is 0 Å². The molecule has 2 bridgehead atoms. The fourth-order valence-corrected chi connectivity index (χ4v) is 2.95. The predicted octanol–water partition coefficient (Wildman–Crippen LogP) is 3.47. The molecule has 0 aliphatic carbocycles. The van der Waals surface area contributed by atoms with Crippen LogP contribution in [0.25, 0.3) is 0 Å². The summed E-state index contributed by atoms with van der Waals surface area (Å²) >= 11 is 0. The highest BCUT2D eigenvalue weighted by Gasteiger charge is 2.22. The molecule has 0 unspecified atom stereocenters. The minimum absolute atomic E-state index is 1.12. The Balaban J connectivity index is 1.96. The van der Waals surface area contributed by atoms with Crippen molar-refractivity contribution >= 4 is 6.71 Å². The summed E-state index contributed by atoms with van der Waals surface area (Å²) in [5, 5.41) is 0. The summed E-state index contributed by atoms with van der Waals surface area (Å²) in [7, 11) is 0. The van der Waals surface area contributed by atoms with Gasteiger partial charge in [0.15, 0.2) is 0 Å². The lowest BCUT2D eigenvalue weighted by Crippen LogP contribution is -2.20. The van der Waals surface area contributed by atoms with E-state index in [-0.39, 0.29) is 0 Å². The zero-order chi connectivity index (χ0) is 7.52. The first-order valence-electron chi connectivity index (χ1n) is 5.45. The highest BCUT2D eigenvalue weighted by molar-refractivity contribution is 6.58. The molecule has 62 valence electrons. The standard InChI is InChI=1S/C10H19B/c1-4-10-5-2-8-11(7-1)9-3-6-10/h10H,1-9H2. The largest absolute Gasteiger partial charge is 0.139 e. The van der Waals surface area contributed by atoms with Crippen LogP contribution in [0.2, 0.25) is 19.0 Å². The summed E-state index contributed by atoms with van der Waals surface area (Å²) < 4.78 is 0. The van der Waals surface area contributed by atoms with Gasteiger partial charge in [0, 0.05) is 0 Å². The van der Waals surface area contributed by atoms with Crippen LogP contribution in [-0.4, -0.2) is 6.71 Å². The summed E-state index contributed by atoms with van der Waals surface area (Å²) in [6, 6.07) is 0. The molecule has 3 aliphatic rings. The van der Waals surface area contributed by atoms with E-state index in [0.29, 0.717) is 0 Å². The van der Waals surface area contributed by atoms with Gasteiger partial charge < -0.3 is 0 Å². The van der Waals surface area contributed by atoms with Crippen molar-refractivity contribution in [1.82, 2.24) is 0 Å². The highest BCUT2D eigenvalue weighted by atomic mass is 14.2. The van der Waals surface area contributed by atoms with E-state index in [2.05, 4.69) is 0 Å². The first-order chi connectivity index (χ1) is 5.45. The van der Waals surface area contributed by atoms with E-state index in [4.69, 9.17) is 0 Å². The molecule has 0 aromatic rings. The van der Waals surface area contributed by atoms with Gasteiger partial charge in [0.25, 0.3) is 0 Å². The minimum Gasteiger partial charge on any atom is -0.0741 e. The molecule has 3 heterocycles. The molecule has 0 nitrogen and oxygen atoms in total. The maximum atomic E-state index is 1.55. The number of hydrogen-bond acceptors (Lipinski definition) is 0. The van der Waals surface area contributed by atoms with Gasteiger partial charge >= 0.3 is 0 Å². The maximum absolute atomic E-state index is 1.55. The molecule has 0 amide bonds. The summed E-state index contributed by atoms with van der Waals surface area (Å²) in [5.41, 5.74) is 0. The molecule has 1 heteroatoms. The van der Waals surface area contributed by atoms with E-state index < -0.39 is 0 Å². The van der Waals surface area contributed by atoms with Crippen LogP contribution in [0.3, 0.4) is 0 Å². The SMILES string of the molecule is C1CB2CCCC(C1)CCC2. The first-order valence-corrected chi connectivity index (χ1v) is 5.45. The quantitative estimate of drug-likeness (QED) is 0.464. The molecule has 0 N–H and O–H groups in total. The molecule has 0 aromatic carbocycles. The molecule has 0 saturated carbocycles. The molecule has 0 spiro atoms. The molecule has 11 heavy (non-hydrogen) atoms. The zero-order valence-corrected chi connectivity index (χ0v) is 7.52. The Hall–Kier alpha value is 0.0649. The van der Waals surface area contributed by atoms with Gasteiger partial charge in [-0.2, -0.15) is 0 Å². The highest BCUT2D eigenvalue weighted by Crippen LogP contribution is 2.32. The number of hydrogen-bond donors (Lipinski definition) is 0. The van der Waals surface area contributed by atoms with Gasteiger partial charge in [-0.3, -0.25) is 0 Å². The van der Waals surface area contributed by atoms with E-state index in [9.17, 15) is 0 Å². The summed E-state index contributed by atoms with van der Waals surface area (Å²) in [6.45, 7) is 1.12. The molecule has 3 fully saturated rings. The summed E-state index contributed by atoms with van der Waals surface area (Å²) in [6.07, 6.45) is 13.9. The Morgan fingerprint density at radius 2 is 1.18 bits per heavy atom. The Morgan fingerprint density at radius 1 is 0.727 bits per heavy atom. The molecule has 3 rings (SSSR count). The molecular formula is C10H19B.